The van der Waals surface area contributed by atoms with E-state index in [1.807, 2.05) is 0 Å². The molecule has 0 saturated heterocycles. The Bertz CT molecular complexity index is 66.7. The second kappa shape index (κ2) is 12.9. The van der Waals surface area contributed by atoms with Gasteiger partial charge in [-0.1, -0.05) is 0 Å². The van der Waals surface area contributed by atoms with Crippen molar-refractivity contribution in [1.29, 1.82) is 0 Å². The molecule has 0 aliphatic rings. The van der Waals surface area contributed by atoms with Crippen molar-refractivity contribution in [3.63, 3.8) is 0 Å². The summed E-state index contributed by atoms with van der Waals surface area (Å²) in [6, 6.07) is 0. The van der Waals surface area contributed by atoms with E-state index in [4.69, 9.17) is 19.2 Å². The molecule has 0 unspecified atom stereocenters. The molecule has 0 saturated carbocycles. The first-order valence-corrected chi connectivity index (χ1v) is 2.19. The van der Waals surface area contributed by atoms with E-state index in [2.05, 4.69) is 0 Å². The molecule has 0 aromatic heterocycles. The molecule has 0 rings (SSSR count). The Morgan fingerprint density at radius 1 is 1.11 bits per heavy atom. The molecule has 9 heteroatoms. The van der Waals surface area contributed by atoms with E-state index in [0.717, 1.165) is 0 Å². The standard InChI is InChI=1S/Co.Fe.Li.Mn.H3O4P/c;;;;1-5(2,3)4/h;;;;(H3,1,2,3,4)/q2*+2;+1;+2;/p-3. The summed E-state index contributed by atoms with van der Waals surface area (Å²) in [6.07, 6.45) is 0. The first-order chi connectivity index (χ1) is 2.00. The molecular formula is CoFeLiMnO4P+4. The smallest absolute Gasteiger partial charge is 0.822 e. The van der Waals surface area contributed by atoms with Gasteiger partial charge in [-0.15, -0.1) is 0 Å². The zero-order chi connectivity index (χ0) is 4.50. The average molecular weight is 272 g/mol. The van der Waals surface area contributed by atoms with Crippen molar-refractivity contribution in [2.45, 2.75) is 0 Å². The van der Waals surface area contributed by atoms with Crippen LogP contribution in [0.3, 0.4) is 0 Å². The van der Waals surface area contributed by atoms with Crippen LogP contribution in [0, 0.1) is 0 Å². The fraction of sp³-hybridized carbons (Fsp3) is 0. The minimum Gasteiger partial charge on any atom is -0.822 e. The van der Waals surface area contributed by atoms with Gasteiger partial charge in [-0.25, -0.2) is 0 Å². The van der Waals surface area contributed by atoms with Crippen LogP contribution in [0.4, 0.5) is 0 Å². The van der Waals surface area contributed by atoms with Gasteiger partial charge in [-0.2, -0.15) is 7.82 Å². The predicted octanol–water partition coefficient (Wildman–Crippen LogP) is -5.83. The maximum absolute atomic E-state index is 8.55. The summed E-state index contributed by atoms with van der Waals surface area (Å²) in [5.41, 5.74) is 0. The molecule has 2 radical (unpaired) electrons. The van der Waals surface area contributed by atoms with E-state index in [9.17, 15) is 0 Å². The summed E-state index contributed by atoms with van der Waals surface area (Å²) in [6.45, 7) is 0. The van der Waals surface area contributed by atoms with Gasteiger partial charge in [0.15, 0.2) is 0 Å². The molecule has 0 N–H and O–H groups in total. The third kappa shape index (κ3) is 138. The molecule has 0 aliphatic carbocycles. The zero-order valence-corrected chi connectivity index (χ0v) is 8.37. The molecule has 0 aliphatic heterocycles. The van der Waals surface area contributed by atoms with E-state index < -0.39 is 7.82 Å². The van der Waals surface area contributed by atoms with Crippen molar-refractivity contribution in [3.05, 3.63) is 0 Å². The predicted molar refractivity (Wildman–Crippen MR) is 7.61 cm³/mol. The molecule has 0 bridgehead atoms. The van der Waals surface area contributed by atoms with Gasteiger partial charge in [0.25, 0.3) is 0 Å². The van der Waals surface area contributed by atoms with Crippen molar-refractivity contribution < 1.29 is 89.0 Å². The minimum absolute atomic E-state index is 0. The van der Waals surface area contributed by atoms with Crippen LogP contribution < -0.4 is 33.5 Å². The second-order valence-corrected chi connectivity index (χ2v) is 1.34. The van der Waals surface area contributed by atoms with E-state index in [1.165, 1.54) is 0 Å². The van der Waals surface area contributed by atoms with Gasteiger partial charge in [0.2, 0.25) is 0 Å². The fourth-order valence-corrected chi connectivity index (χ4v) is 0. The summed E-state index contributed by atoms with van der Waals surface area (Å²) >= 11 is 0. The summed E-state index contributed by atoms with van der Waals surface area (Å²) < 4.78 is 8.55. The van der Waals surface area contributed by atoms with E-state index >= 15 is 0 Å². The Kier molecular flexibility index (Phi) is 43.3. The number of rotatable bonds is 0. The van der Waals surface area contributed by atoms with Gasteiger partial charge in [0.1, 0.15) is 0 Å². The molecule has 9 heavy (non-hydrogen) atoms. The minimum atomic E-state index is -5.39. The van der Waals surface area contributed by atoms with Gasteiger partial charge in [-0.3, -0.25) is 0 Å². The first-order valence-electron chi connectivity index (χ1n) is 0.730. The summed E-state index contributed by atoms with van der Waals surface area (Å²) in [4.78, 5) is 25.6. The largest absolute Gasteiger partial charge is 2.00 e. The van der Waals surface area contributed by atoms with Crippen LogP contribution in [0.5, 0.6) is 0 Å². The normalized spacial score (nSPS) is 6.56. The van der Waals surface area contributed by atoms with Crippen molar-refractivity contribution in [2.75, 3.05) is 0 Å². The third-order valence-corrected chi connectivity index (χ3v) is 0. The summed E-state index contributed by atoms with van der Waals surface area (Å²) in [7, 11) is -5.39. The Morgan fingerprint density at radius 3 is 1.11 bits per heavy atom. The molecule has 0 heterocycles. The second-order valence-electron chi connectivity index (χ2n) is 0.447. The molecule has 4 nitrogen and oxygen atoms in total. The van der Waals surface area contributed by atoms with Crippen LogP contribution in [-0.4, -0.2) is 0 Å². The van der Waals surface area contributed by atoms with Crippen LogP contribution in [-0.2, 0) is 55.5 Å². The summed E-state index contributed by atoms with van der Waals surface area (Å²) in [5.74, 6) is 0. The monoisotopic (exact) mass is 272 g/mol. The van der Waals surface area contributed by atoms with E-state index in [-0.39, 0.29) is 69.8 Å². The van der Waals surface area contributed by atoms with E-state index in [0.29, 0.717) is 0 Å². The molecular weight excluding hydrogens is 272 g/mol. The van der Waals surface area contributed by atoms with Crippen LogP contribution in [0.15, 0.2) is 0 Å². The number of hydrogen-bond donors (Lipinski definition) is 0. The van der Waals surface area contributed by atoms with Gasteiger partial charge in [0, 0.05) is 0 Å². The fourth-order valence-electron chi connectivity index (χ4n) is 0. The van der Waals surface area contributed by atoms with Gasteiger partial charge < -0.3 is 19.2 Å². The van der Waals surface area contributed by atoms with Crippen molar-refractivity contribution in [3.8, 4) is 0 Å². The van der Waals surface area contributed by atoms with Crippen molar-refractivity contribution in [1.82, 2.24) is 0 Å². The van der Waals surface area contributed by atoms with Crippen molar-refractivity contribution >= 4 is 7.82 Å². The molecule has 50 valence electrons. The number of phosphoric acid groups is 1. The Balaban J connectivity index is -0.0000000133. The Morgan fingerprint density at radius 2 is 1.11 bits per heavy atom. The average Bonchev–Trinajstić information content (AvgIpc) is 0.722. The molecule has 0 spiro atoms. The molecule has 0 aromatic carbocycles. The molecule has 0 atom stereocenters. The Labute approximate surface area is 96.1 Å². The van der Waals surface area contributed by atoms with Gasteiger partial charge >= 0.3 is 69.8 Å². The van der Waals surface area contributed by atoms with Crippen LogP contribution in [0.2, 0.25) is 0 Å². The Hall–Kier alpha value is 2.25. The maximum Gasteiger partial charge on any atom is 2.00 e. The van der Waals surface area contributed by atoms with Crippen LogP contribution >= 0.6 is 7.82 Å². The van der Waals surface area contributed by atoms with Crippen molar-refractivity contribution in [2.24, 2.45) is 0 Å². The number of hydrogen-bond acceptors (Lipinski definition) is 4. The molecule has 0 aromatic rings. The SMILES string of the molecule is O=P([O-])([O-])[O-].[Co+2].[Fe+2].[Li+].[Mn+2]. The van der Waals surface area contributed by atoms with Crippen LogP contribution in [0.25, 0.3) is 0 Å². The quantitative estimate of drug-likeness (QED) is 0.324. The van der Waals surface area contributed by atoms with Crippen LogP contribution in [0.1, 0.15) is 0 Å². The topological polar surface area (TPSA) is 86.2 Å². The third-order valence-electron chi connectivity index (χ3n) is 0. The zero-order valence-electron chi connectivity index (χ0n) is 4.15. The van der Waals surface area contributed by atoms with Gasteiger partial charge in [-0.05, 0) is 0 Å². The first kappa shape index (κ1) is 30.3. The maximum atomic E-state index is 8.55. The molecule has 0 fully saturated rings. The van der Waals surface area contributed by atoms with Gasteiger partial charge in [0.05, 0.1) is 0 Å². The van der Waals surface area contributed by atoms with E-state index in [1.54, 1.807) is 0 Å². The molecule has 0 amide bonds. The summed E-state index contributed by atoms with van der Waals surface area (Å²) in [5, 5.41) is 0.